The summed E-state index contributed by atoms with van der Waals surface area (Å²) in [5.74, 6) is 0.762. The van der Waals surface area contributed by atoms with E-state index < -0.39 is 0 Å². The second-order valence-electron chi connectivity index (χ2n) is 6.47. The van der Waals surface area contributed by atoms with E-state index in [2.05, 4.69) is 31.9 Å². The molecule has 0 spiro atoms. The Balaban J connectivity index is 1.36. The molecule has 2 aliphatic rings. The summed E-state index contributed by atoms with van der Waals surface area (Å²) < 4.78 is 5.35. The number of para-hydroxylation sites is 1. The fourth-order valence-electron chi connectivity index (χ4n) is 3.36. The molecule has 3 heterocycles. The van der Waals surface area contributed by atoms with Gasteiger partial charge in [-0.1, -0.05) is 18.2 Å². The van der Waals surface area contributed by atoms with Gasteiger partial charge in [-0.25, -0.2) is 9.97 Å². The average Bonchev–Trinajstić information content (AvgIpc) is 2.75. The van der Waals surface area contributed by atoms with Gasteiger partial charge in [0.2, 0.25) is 0 Å². The number of rotatable bonds is 3. The Bertz CT molecular complexity index is 723. The number of nitrogens with zero attached hydrogens (tertiary/aromatic N) is 5. The number of aromatic nitrogens is 2. The summed E-state index contributed by atoms with van der Waals surface area (Å²) in [4.78, 5) is 27.8. The summed E-state index contributed by atoms with van der Waals surface area (Å²) in [5, 5.41) is 0. The van der Waals surface area contributed by atoms with Crippen LogP contribution in [0.2, 0.25) is 0 Å². The molecule has 136 valence electrons. The van der Waals surface area contributed by atoms with Gasteiger partial charge in [0, 0.05) is 45.0 Å². The maximum atomic E-state index is 12.7. The van der Waals surface area contributed by atoms with E-state index in [4.69, 9.17) is 4.74 Å². The van der Waals surface area contributed by atoms with Gasteiger partial charge in [-0.2, -0.15) is 0 Å². The predicted molar refractivity (Wildman–Crippen MR) is 99.6 cm³/mol. The topological polar surface area (TPSA) is 61.8 Å². The number of carbonyl (C=O) groups excluding carboxylic acids is 1. The highest BCUT2D eigenvalue weighted by Crippen LogP contribution is 2.17. The van der Waals surface area contributed by atoms with Crippen LogP contribution in [0, 0.1) is 0 Å². The van der Waals surface area contributed by atoms with Crippen LogP contribution in [-0.4, -0.2) is 73.3 Å². The first-order valence-corrected chi connectivity index (χ1v) is 9.05. The Morgan fingerprint density at radius 3 is 2.23 bits per heavy atom. The second-order valence-corrected chi connectivity index (χ2v) is 6.47. The lowest BCUT2D eigenvalue weighted by molar-refractivity contribution is 0.0740. The Hall–Kier alpha value is -2.67. The molecule has 0 unspecified atom stereocenters. The van der Waals surface area contributed by atoms with Crippen LogP contribution in [-0.2, 0) is 4.74 Å². The molecule has 7 heteroatoms. The molecule has 2 aromatic rings. The van der Waals surface area contributed by atoms with Gasteiger partial charge in [0.15, 0.2) is 0 Å². The van der Waals surface area contributed by atoms with Crippen molar-refractivity contribution in [2.24, 2.45) is 0 Å². The molecule has 2 fully saturated rings. The largest absolute Gasteiger partial charge is 0.378 e. The highest BCUT2D eigenvalue weighted by atomic mass is 16.5. The molecule has 0 bridgehead atoms. The molecular formula is C19H23N5O2. The second kappa shape index (κ2) is 7.70. The van der Waals surface area contributed by atoms with E-state index in [0.717, 1.165) is 32.0 Å². The van der Waals surface area contributed by atoms with E-state index in [1.807, 2.05) is 23.1 Å². The summed E-state index contributed by atoms with van der Waals surface area (Å²) in [7, 11) is 0. The molecule has 26 heavy (non-hydrogen) atoms. The van der Waals surface area contributed by atoms with E-state index in [0.29, 0.717) is 32.0 Å². The van der Waals surface area contributed by atoms with Crippen molar-refractivity contribution in [1.82, 2.24) is 14.9 Å². The Morgan fingerprint density at radius 2 is 1.58 bits per heavy atom. The zero-order chi connectivity index (χ0) is 17.8. The third-order valence-corrected chi connectivity index (χ3v) is 4.88. The molecule has 1 amide bonds. The molecule has 1 aromatic heterocycles. The van der Waals surface area contributed by atoms with Gasteiger partial charge in [-0.05, 0) is 12.1 Å². The number of benzene rings is 1. The highest BCUT2D eigenvalue weighted by Gasteiger charge is 2.23. The average molecular weight is 353 g/mol. The van der Waals surface area contributed by atoms with E-state index in [9.17, 15) is 4.79 Å². The van der Waals surface area contributed by atoms with Crippen LogP contribution in [0.15, 0.2) is 42.7 Å². The fraction of sp³-hybridized carbons (Fsp3) is 0.421. The van der Waals surface area contributed by atoms with E-state index in [-0.39, 0.29) is 5.91 Å². The van der Waals surface area contributed by atoms with Crippen molar-refractivity contribution in [3.05, 3.63) is 48.4 Å². The number of amides is 1. The maximum Gasteiger partial charge on any atom is 0.274 e. The molecule has 0 aliphatic carbocycles. The number of hydrogen-bond acceptors (Lipinski definition) is 6. The van der Waals surface area contributed by atoms with Gasteiger partial charge in [-0.15, -0.1) is 0 Å². The Morgan fingerprint density at radius 1 is 0.846 bits per heavy atom. The van der Waals surface area contributed by atoms with Gasteiger partial charge in [-0.3, -0.25) is 4.79 Å². The standard InChI is InChI=1S/C19H23N5O2/c25-19(17-14-21-18(15-20-17)23-10-12-26-13-11-23)24-8-6-22(7-9-24)16-4-2-1-3-5-16/h1-5,14-15H,6-13H2. The SMILES string of the molecule is O=C(c1cnc(N2CCOCC2)cn1)N1CCN(c2ccccc2)CC1. The summed E-state index contributed by atoms with van der Waals surface area (Å²) >= 11 is 0. The molecule has 0 saturated carbocycles. The molecule has 0 N–H and O–H groups in total. The number of morpholine rings is 1. The first-order chi connectivity index (χ1) is 12.8. The van der Waals surface area contributed by atoms with Crippen LogP contribution in [0.5, 0.6) is 0 Å². The number of carbonyl (C=O) groups is 1. The molecule has 2 saturated heterocycles. The van der Waals surface area contributed by atoms with Gasteiger partial charge in [0.25, 0.3) is 5.91 Å². The zero-order valence-corrected chi connectivity index (χ0v) is 14.8. The van der Waals surface area contributed by atoms with Gasteiger partial charge >= 0.3 is 0 Å². The molecule has 7 nitrogen and oxygen atoms in total. The highest BCUT2D eigenvalue weighted by molar-refractivity contribution is 5.92. The van der Waals surface area contributed by atoms with Crippen molar-refractivity contribution in [1.29, 1.82) is 0 Å². The van der Waals surface area contributed by atoms with Crippen LogP contribution in [0.1, 0.15) is 10.5 Å². The fourth-order valence-corrected chi connectivity index (χ4v) is 3.36. The van der Waals surface area contributed by atoms with Crippen LogP contribution >= 0.6 is 0 Å². The van der Waals surface area contributed by atoms with Gasteiger partial charge in [0.1, 0.15) is 11.5 Å². The molecular weight excluding hydrogens is 330 g/mol. The van der Waals surface area contributed by atoms with Crippen molar-refractivity contribution in [2.75, 3.05) is 62.3 Å². The first kappa shape index (κ1) is 16.8. The summed E-state index contributed by atoms with van der Waals surface area (Å²) in [6.45, 7) is 6.07. The van der Waals surface area contributed by atoms with Crippen LogP contribution < -0.4 is 9.80 Å². The van der Waals surface area contributed by atoms with Gasteiger partial charge < -0.3 is 19.4 Å². The maximum absolute atomic E-state index is 12.7. The summed E-state index contributed by atoms with van der Waals surface area (Å²) in [6.07, 6.45) is 3.29. The normalized spacial score (nSPS) is 18.1. The zero-order valence-electron chi connectivity index (χ0n) is 14.8. The molecule has 1 aromatic carbocycles. The van der Waals surface area contributed by atoms with Crippen LogP contribution in [0.25, 0.3) is 0 Å². The van der Waals surface area contributed by atoms with E-state index in [1.54, 1.807) is 12.4 Å². The lowest BCUT2D eigenvalue weighted by Gasteiger charge is -2.36. The van der Waals surface area contributed by atoms with Crippen molar-refractivity contribution >= 4 is 17.4 Å². The molecule has 0 radical (unpaired) electrons. The smallest absolute Gasteiger partial charge is 0.274 e. The Kier molecular flexibility index (Phi) is 4.97. The van der Waals surface area contributed by atoms with Gasteiger partial charge in [0.05, 0.1) is 25.6 Å². The van der Waals surface area contributed by atoms with E-state index >= 15 is 0 Å². The van der Waals surface area contributed by atoms with Crippen molar-refractivity contribution < 1.29 is 9.53 Å². The minimum Gasteiger partial charge on any atom is -0.378 e. The quantitative estimate of drug-likeness (QED) is 0.828. The van der Waals surface area contributed by atoms with Crippen LogP contribution in [0.3, 0.4) is 0 Å². The molecule has 4 rings (SSSR count). The van der Waals surface area contributed by atoms with Crippen molar-refractivity contribution in [2.45, 2.75) is 0 Å². The minimum absolute atomic E-state index is 0.0428. The Labute approximate surface area is 153 Å². The third-order valence-electron chi connectivity index (χ3n) is 4.88. The number of piperazine rings is 1. The van der Waals surface area contributed by atoms with E-state index in [1.165, 1.54) is 5.69 Å². The van der Waals surface area contributed by atoms with Crippen molar-refractivity contribution in [3.63, 3.8) is 0 Å². The summed E-state index contributed by atoms with van der Waals surface area (Å²) in [6, 6.07) is 10.3. The monoisotopic (exact) mass is 353 g/mol. The molecule has 2 aliphatic heterocycles. The summed E-state index contributed by atoms with van der Waals surface area (Å²) in [5.41, 5.74) is 1.62. The van der Waals surface area contributed by atoms with Crippen LogP contribution in [0.4, 0.5) is 11.5 Å². The first-order valence-electron chi connectivity index (χ1n) is 9.05. The lowest BCUT2D eigenvalue weighted by Crippen LogP contribution is -2.49. The molecule has 0 atom stereocenters. The third kappa shape index (κ3) is 3.62. The predicted octanol–water partition coefficient (Wildman–Crippen LogP) is 1.28. The minimum atomic E-state index is -0.0428. The number of hydrogen-bond donors (Lipinski definition) is 0. The van der Waals surface area contributed by atoms with Crippen molar-refractivity contribution in [3.8, 4) is 0 Å². The number of anilines is 2. The number of ether oxygens (including phenoxy) is 1. The lowest BCUT2D eigenvalue weighted by atomic mass is 10.2.